The average Bonchev–Trinajstić information content (AvgIpc) is 2.40. The normalized spacial score (nSPS) is 20.2. The van der Waals surface area contributed by atoms with Gasteiger partial charge in [0.1, 0.15) is 0 Å². The third-order valence-corrected chi connectivity index (χ3v) is 3.88. The summed E-state index contributed by atoms with van der Waals surface area (Å²) in [7, 11) is 0. The lowest BCUT2D eigenvalue weighted by Crippen LogP contribution is -2.47. The molecule has 0 spiro atoms. The molecule has 0 bridgehead atoms. The molecule has 1 aliphatic rings. The van der Waals surface area contributed by atoms with Crippen molar-refractivity contribution in [1.82, 2.24) is 10.6 Å². The van der Waals surface area contributed by atoms with E-state index in [0.717, 1.165) is 29.4 Å². The molecule has 1 aromatic rings. The number of hydrogen-bond donors (Lipinski definition) is 2. The minimum absolute atomic E-state index is 0. The van der Waals surface area contributed by atoms with E-state index in [1.54, 1.807) is 0 Å². The summed E-state index contributed by atoms with van der Waals surface area (Å²) in [4.78, 5) is 12.1. The molecule has 1 saturated heterocycles. The third-order valence-electron chi connectivity index (χ3n) is 3.36. The molecule has 0 aliphatic carbocycles. The Morgan fingerprint density at radius 1 is 1.37 bits per heavy atom. The molecule has 19 heavy (non-hydrogen) atoms. The van der Waals surface area contributed by atoms with Crippen LogP contribution in [0.1, 0.15) is 37.8 Å². The summed E-state index contributed by atoms with van der Waals surface area (Å²) in [6.45, 7) is 2.97. The number of piperidine rings is 1. The van der Waals surface area contributed by atoms with E-state index in [1.807, 2.05) is 31.2 Å². The van der Waals surface area contributed by atoms with Gasteiger partial charge in [0.15, 0.2) is 0 Å². The fourth-order valence-corrected chi connectivity index (χ4v) is 2.49. The SMILES string of the molecule is CC(NC(=O)[C@@H]1CCCCN1)c1ccc(Br)cc1.Cl. The maximum atomic E-state index is 12.1. The lowest BCUT2D eigenvalue weighted by Gasteiger charge is -2.24. The second-order valence-corrected chi connectivity index (χ2v) is 5.70. The van der Waals surface area contributed by atoms with E-state index in [9.17, 15) is 4.79 Å². The van der Waals surface area contributed by atoms with Crippen molar-refractivity contribution in [3.63, 3.8) is 0 Å². The summed E-state index contributed by atoms with van der Waals surface area (Å²) < 4.78 is 1.05. The van der Waals surface area contributed by atoms with Crippen molar-refractivity contribution >= 4 is 34.2 Å². The second-order valence-electron chi connectivity index (χ2n) is 4.78. The van der Waals surface area contributed by atoms with E-state index in [-0.39, 0.29) is 30.4 Å². The molecule has 1 unspecified atom stereocenters. The molecule has 5 heteroatoms. The van der Waals surface area contributed by atoms with Crippen molar-refractivity contribution in [3.8, 4) is 0 Å². The number of nitrogens with one attached hydrogen (secondary N) is 2. The first kappa shape index (κ1) is 16.5. The highest BCUT2D eigenvalue weighted by atomic mass is 79.9. The number of carbonyl (C=O) groups excluding carboxylic acids is 1. The summed E-state index contributed by atoms with van der Waals surface area (Å²) in [5, 5.41) is 6.33. The number of benzene rings is 1. The maximum Gasteiger partial charge on any atom is 0.237 e. The van der Waals surface area contributed by atoms with Gasteiger partial charge in [-0.25, -0.2) is 0 Å². The molecular formula is C14H20BrClN2O. The van der Waals surface area contributed by atoms with Crippen molar-refractivity contribution in [2.45, 2.75) is 38.3 Å². The van der Waals surface area contributed by atoms with Gasteiger partial charge in [-0.2, -0.15) is 0 Å². The van der Waals surface area contributed by atoms with Crippen LogP contribution in [0.3, 0.4) is 0 Å². The summed E-state index contributed by atoms with van der Waals surface area (Å²) in [5.74, 6) is 0.116. The number of halogens is 2. The van der Waals surface area contributed by atoms with Gasteiger partial charge in [0.2, 0.25) is 5.91 Å². The van der Waals surface area contributed by atoms with Crippen LogP contribution in [-0.4, -0.2) is 18.5 Å². The summed E-state index contributed by atoms with van der Waals surface area (Å²) in [6, 6.07) is 8.09. The Hall–Kier alpha value is -0.580. The van der Waals surface area contributed by atoms with E-state index in [2.05, 4.69) is 26.6 Å². The van der Waals surface area contributed by atoms with Crippen molar-refractivity contribution in [2.75, 3.05) is 6.54 Å². The lowest BCUT2D eigenvalue weighted by molar-refractivity contribution is -0.124. The molecule has 106 valence electrons. The van der Waals surface area contributed by atoms with Crippen LogP contribution < -0.4 is 10.6 Å². The van der Waals surface area contributed by atoms with Crippen molar-refractivity contribution in [3.05, 3.63) is 34.3 Å². The van der Waals surface area contributed by atoms with Crippen LogP contribution in [0.4, 0.5) is 0 Å². The Labute approximate surface area is 129 Å². The first-order chi connectivity index (χ1) is 8.66. The van der Waals surface area contributed by atoms with Crippen LogP contribution in [0.2, 0.25) is 0 Å². The zero-order valence-corrected chi connectivity index (χ0v) is 13.4. The molecule has 1 amide bonds. The van der Waals surface area contributed by atoms with Gasteiger partial charge < -0.3 is 10.6 Å². The van der Waals surface area contributed by atoms with Crippen LogP contribution in [0, 0.1) is 0 Å². The van der Waals surface area contributed by atoms with Crippen LogP contribution in [-0.2, 0) is 4.79 Å². The van der Waals surface area contributed by atoms with Gasteiger partial charge in [0.25, 0.3) is 0 Å². The zero-order chi connectivity index (χ0) is 13.0. The predicted molar refractivity (Wildman–Crippen MR) is 83.6 cm³/mol. The molecule has 1 aromatic carbocycles. The van der Waals surface area contributed by atoms with Crippen molar-refractivity contribution < 1.29 is 4.79 Å². The van der Waals surface area contributed by atoms with E-state index < -0.39 is 0 Å². The molecule has 1 fully saturated rings. The molecule has 0 saturated carbocycles. The van der Waals surface area contributed by atoms with Gasteiger partial charge in [-0.15, -0.1) is 12.4 Å². The number of rotatable bonds is 3. The standard InChI is InChI=1S/C14H19BrN2O.ClH/c1-10(11-5-7-12(15)8-6-11)17-14(18)13-4-2-3-9-16-13;/h5-8,10,13,16H,2-4,9H2,1H3,(H,17,18);1H/t10?,13-;/m0./s1. The van der Waals surface area contributed by atoms with Gasteiger partial charge in [0, 0.05) is 4.47 Å². The summed E-state index contributed by atoms with van der Waals surface area (Å²) >= 11 is 3.41. The minimum Gasteiger partial charge on any atom is -0.348 e. The first-order valence-corrected chi connectivity index (χ1v) is 7.25. The van der Waals surface area contributed by atoms with E-state index in [1.165, 1.54) is 6.42 Å². The quantitative estimate of drug-likeness (QED) is 0.881. The highest BCUT2D eigenvalue weighted by Crippen LogP contribution is 2.17. The molecule has 2 N–H and O–H groups in total. The summed E-state index contributed by atoms with van der Waals surface area (Å²) in [6.07, 6.45) is 3.25. The Balaban J connectivity index is 0.00000180. The molecule has 1 aliphatic heterocycles. The lowest BCUT2D eigenvalue weighted by atomic mass is 10.0. The highest BCUT2D eigenvalue weighted by molar-refractivity contribution is 9.10. The molecule has 0 radical (unpaired) electrons. The first-order valence-electron chi connectivity index (χ1n) is 6.46. The minimum atomic E-state index is -0.0170. The molecule has 1 heterocycles. The highest BCUT2D eigenvalue weighted by Gasteiger charge is 2.21. The van der Waals surface area contributed by atoms with Crippen LogP contribution in [0.5, 0.6) is 0 Å². The van der Waals surface area contributed by atoms with Crippen molar-refractivity contribution in [1.29, 1.82) is 0 Å². The fourth-order valence-electron chi connectivity index (χ4n) is 2.22. The molecular weight excluding hydrogens is 328 g/mol. The van der Waals surface area contributed by atoms with E-state index >= 15 is 0 Å². The molecule has 0 aromatic heterocycles. The monoisotopic (exact) mass is 346 g/mol. The fraction of sp³-hybridized carbons (Fsp3) is 0.500. The Morgan fingerprint density at radius 3 is 2.63 bits per heavy atom. The topological polar surface area (TPSA) is 41.1 Å². The number of carbonyl (C=O) groups is 1. The largest absolute Gasteiger partial charge is 0.348 e. The molecule has 3 nitrogen and oxygen atoms in total. The van der Waals surface area contributed by atoms with Crippen LogP contribution >= 0.6 is 28.3 Å². The van der Waals surface area contributed by atoms with Crippen LogP contribution in [0.25, 0.3) is 0 Å². The number of hydrogen-bond acceptors (Lipinski definition) is 2. The van der Waals surface area contributed by atoms with E-state index in [0.29, 0.717) is 0 Å². The van der Waals surface area contributed by atoms with Gasteiger partial charge in [-0.3, -0.25) is 4.79 Å². The van der Waals surface area contributed by atoms with Gasteiger partial charge in [-0.05, 0) is 44.0 Å². The summed E-state index contributed by atoms with van der Waals surface area (Å²) in [5.41, 5.74) is 1.13. The van der Waals surface area contributed by atoms with E-state index in [4.69, 9.17) is 0 Å². The van der Waals surface area contributed by atoms with Gasteiger partial charge in [-0.1, -0.05) is 34.5 Å². The van der Waals surface area contributed by atoms with Gasteiger partial charge >= 0.3 is 0 Å². The molecule has 2 atom stereocenters. The Kier molecular flexibility index (Phi) is 6.83. The Morgan fingerprint density at radius 2 is 2.05 bits per heavy atom. The van der Waals surface area contributed by atoms with Crippen molar-refractivity contribution in [2.24, 2.45) is 0 Å². The smallest absolute Gasteiger partial charge is 0.237 e. The van der Waals surface area contributed by atoms with Gasteiger partial charge in [0.05, 0.1) is 12.1 Å². The zero-order valence-electron chi connectivity index (χ0n) is 11.0. The third kappa shape index (κ3) is 4.79. The Bertz CT molecular complexity index is 404. The predicted octanol–water partition coefficient (Wildman–Crippen LogP) is 3.19. The molecule has 2 rings (SSSR count). The number of amides is 1. The average molecular weight is 348 g/mol. The second kappa shape index (κ2) is 7.88. The van der Waals surface area contributed by atoms with Crippen LogP contribution in [0.15, 0.2) is 28.7 Å². The maximum absolute atomic E-state index is 12.1.